The minimum atomic E-state index is -0.833. The topological polar surface area (TPSA) is 63.6 Å². The molecule has 0 bridgehead atoms. The zero-order valence-electron chi connectivity index (χ0n) is 16.1. The van der Waals surface area contributed by atoms with Crippen molar-refractivity contribution >= 4 is 11.9 Å². The molecule has 0 aliphatic rings. The molecule has 1 radical (unpaired) electrons. The zero-order valence-corrected chi connectivity index (χ0v) is 16.1. The largest absolute Gasteiger partial charge is 0.481 e. The van der Waals surface area contributed by atoms with E-state index in [2.05, 4.69) is 33.4 Å². The fourth-order valence-corrected chi connectivity index (χ4v) is 1.66. The van der Waals surface area contributed by atoms with E-state index in [-0.39, 0.29) is 12.1 Å². The normalized spacial score (nSPS) is 10.7. The van der Waals surface area contributed by atoms with Gasteiger partial charge in [-0.25, -0.2) is 0 Å². The predicted molar refractivity (Wildman–Crippen MR) is 102 cm³/mol. The third kappa shape index (κ3) is 37.0. The number of carbonyl (C=O) groups is 2. The van der Waals surface area contributed by atoms with Crippen molar-refractivity contribution in [2.24, 2.45) is 0 Å². The van der Waals surface area contributed by atoms with Gasteiger partial charge >= 0.3 is 5.97 Å². The fourth-order valence-electron chi connectivity index (χ4n) is 1.66. The fraction of sp³-hybridized carbons (Fsp3) is 0.650. The van der Waals surface area contributed by atoms with Crippen molar-refractivity contribution in [3.63, 3.8) is 0 Å². The molecule has 0 amide bonds. The molecule has 0 aliphatic heterocycles. The van der Waals surface area contributed by atoms with Crippen LogP contribution in [0.25, 0.3) is 0 Å². The molecular weight excluding hydrogens is 304 g/mol. The van der Waals surface area contributed by atoms with E-state index in [1.165, 1.54) is 45.4 Å². The minimum absolute atomic E-state index is 0.0888. The first-order valence-electron chi connectivity index (χ1n) is 8.79. The first-order chi connectivity index (χ1) is 11.3. The van der Waals surface area contributed by atoms with Gasteiger partial charge in [0.15, 0.2) is 0 Å². The number of carboxylic acid groups (broad SMARTS) is 1. The van der Waals surface area contributed by atoms with Gasteiger partial charge in [-0.1, -0.05) is 64.3 Å². The van der Waals surface area contributed by atoms with Gasteiger partial charge in [0.05, 0.1) is 0 Å². The molecule has 1 unspecified atom stereocenters. The van der Waals surface area contributed by atoms with Crippen molar-refractivity contribution in [2.75, 3.05) is 0 Å². The van der Waals surface area contributed by atoms with E-state index in [4.69, 9.17) is 14.6 Å². The summed E-state index contributed by atoms with van der Waals surface area (Å²) in [5.41, 5.74) is 0. The Hall–Kier alpha value is -1.58. The van der Waals surface area contributed by atoms with Crippen LogP contribution in [0.3, 0.4) is 0 Å². The molecule has 1 N–H and O–H groups in total. The van der Waals surface area contributed by atoms with Gasteiger partial charge in [-0.05, 0) is 32.6 Å². The lowest BCUT2D eigenvalue weighted by molar-refractivity contribution is -0.144. The number of carboxylic acids is 1. The molecule has 1 atom stereocenters. The molecule has 0 spiro atoms. The molecule has 0 saturated heterocycles. The first-order valence-corrected chi connectivity index (χ1v) is 8.79. The second kappa shape index (κ2) is 23.7. The Morgan fingerprint density at radius 3 is 1.96 bits per heavy atom. The summed E-state index contributed by atoms with van der Waals surface area (Å²) in [4.78, 5) is 19.6. The first kappa shape index (κ1) is 27.3. The maximum atomic E-state index is 10.6. The third-order valence-corrected chi connectivity index (χ3v) is 2.81. The Morgan fingerprint density at radius 2 is 1.58 bits per heavy atom. The van der Waals surface area contributed by atoms with Crippen LogP contribution >= 0.6 is 0 Å². The highest BCUT2D eigenvalue weighted by molar-refractivity contribution is 5.66. The summed E-state index contributed by atoms with van der Waals surface area (Å²) >= 11 is 0. The number of unbranched alkanes of at least 4 members (excludes halogenated alkanes) is 5. The standard InChI is InChI=1S/C10H18O2.C8H15.C2H4O2/c1-4-6-7-8-10(5-2)12-9(3)11;1-3-5-7-8-6-4-2;1-2(3)4/h5,10H,2,4,6-8H2,1,3H3;3,5H,1,4,6-8H2,2H3;1H3,(H,3,4)/b;5-3+;. The van der Waals surface area contributed by atoms with E-state index in [0.29, 0.717) is 0 Å². The van der Waals surface area contributed by atoms with Crippen molar-refractivity contribution in [1.82, 2.24) is 0 Å². The Bertz CT molecular complexity index is 318. The number of ether oxygens (including phenoxy) is 1. The van der Waals surface area contributed by atoms with Gasteiger partial charge in [-0.15, -0.1) is 0 Å². The quantitative estimate of drug-likeness (QED) is 0.313. The molecule has 0 aromatic rings. The third-order valence-electron chi connectivity index (χ3n) is 2.81. The summed E-state index contributed by atoms with van der Waals surface area (Å²) in [6.45, 7) is 14.1. The molecular formula is C20H37O4. The Balaban J connectivity index is -0.000000316. The van der Waals surface area contributed by atoms with Crippen LogP contribution in [0.1, 0.15) is 79.1 Å². The Kier molecular flexibility index (Phi) is 26.9. The van der Waals surface area contributed by atoms with Gasteiger partial charge < -0.3 is 9.84 Å². The van der Waals surface area contributed by atoms with E-state index in [9.17, 15) is 4.79 Å². The summed E-state index contributed by atoms with van der Waals surface area (Å²) in [5, 5.41) is 7.42. The number of aliphatic carboxylic acids is 1. The highest BCUT2D eigenvalue weighted by atomic mass is 16.5. The average Bonchev–Trinajstić information content (AvgIpc) is 2.50. The van der Waals surface area contributed by atoms with Crippen LogP contribution < -0.4 is 0 Å². The van der Waals surface area contributed by atoms with E-state index in [0.717, 1.165) is 19.8 Å². The lowest BCUT2D eigenvalue weighted by Gasteiger charge is -2.11. The number of hydrogen-bond donors (Lipinski definition) is 1. The lowest BCUT2D eigenvalue weighted by atomic mass is 10.1. The number of carbonyl (C=O) groups excluding carboxylic acids is 1. The van der Waals surface area contributed by atoms with Crippen molar-refractivity contribution in [2.45, 2.75) is 85.2 Å². The van der Waals surface area contributed by atoms with Crippen molar-refractivity contribution in [3.8, 4) is 0 Å². The van der Waals surface area contributed by atoms with Crippen molar-refractivity contribution in [1.29, 1.82) is 0 Å². The molecule has 0 aliphatic carbocycles. The van der Waals surface area contributed by atoms with E-state index >= 15 is 0 Å². The maximum Gasteiger partial charge on any atom is 0.303 e. The molecule has 0 fully saturated rings. The molecule has 0 aromatic heterocycles. The van der Waals surface area contributed by atoms with Crippen LogP contribution in [0.15, 0.2) is 24.8 Å². The molecule has 0 aromatic carbocycles. The second-order valence-corrected chi connectivity index (χ2v) is 5.37. The van der Waals surface area contributed by atoms with E-state index < -0.39 is 5.97 Å². The van der Waals surface area contributed by atoms with Crippen LogP contribution in [0, 0.1) is 6.92 Å². The SMILES string of the molecule is C=CC(CCCCC)OC(C)=O.CC(=O)O.[CH2]/C=C/CCCCC. The lowest BCUT2D eigenvalue weighted by Crippen LogP contribution is -2.12. The number of rotatable bonds is 10. The van der Waals surface area contributed by atoms with Crippen molar-refractivity contribution in [3.05, 3.63) is 31.7 Å². The van der Waals surface area contributed by atoms with Crippen LogP contribution in [0.4, 0.5) is 0 Å². The van der Waals surface area contributed by atoms with Crippen LogP contribution in [-0.4, -0.2) is 23.1 Å². The zero-order chi connectivity index (χ0) is 19.2. The van der Waals surface area contributed by atoms with Crippen LogP contribution in [0.5, 0.6) is 0 Å². The van der Waals surface area contributed by atoms with Gasteiger partial charge in [0, 0.05) is 13.8 Å². The molecule has 141 valence electrons. The number of esters is 1. The molecule has 24 heavy (non-hydrogen) atoms. The summed E-state index contributed by atoms with van der Waals surface area (Å²) in [7, 11) is 0. The van der Waals surface area contributed by atoms with Crippen LogP contribution in [0.2, 0.25) is 0 Å². The second-order valence-electron chi connectivity index (χ2n) is 5.37. The number of allylic oxidation sites excluding steroid dienone is 2. The molecule has 0 heterocycles. The van der Waals surface area contributed by atoms with Gasteiger partial charge in [-0.3, -0.25) is 9.59 Å². The van der Waals surface area contributed by atoms with Gasteiger partial charge in [0.2, 0.25) is 0 Å². The smallest absolute Gasteiger partial charge is 0.303 e. The van der Waals surface area contributed by atoms with E-state index in [1.807, 2.05) is 6.08 Å². The molecule has 0 saturated carbocycles. The Labute approximate surface area is 149 Å². The summed E-state index contributed by atoms with van der Waals surface area (Å²) < 4.78 is 4.99. The highest BCUT2D eigenvalue weighted by Gasteiger charge is 2.05. The summed E-state index contributed by atoms with van der Waals surface area (Å²) in [6.07, 6.45) is 15.2. The average molecular weight is 342 g/mol. The van der Waals surface area contributed by atoms with Gasteiger partial charge in [-0.2, -0.15) is 0 Å². The molecule has 4 nitrogen and oxygen atoms in total. The monoisotopic (exact) mass is 341 g/mol. The summed E-state index contributed by atoms with van der Waals surface area (Å²) in [5.74, 6) is -1.06. The minimum Gasteiger partial charge on any atom is -0.481 e. The summed E-state index contributed by atoms with van der Waals surface area (Å²) in [6, 6.07) is 0. The maximum absolute atomic E-state index is 10.6. The number of hydrogen-bond acceptors (Lipinski definition) is 3. The predicted octanol–water partition coefficient (Wildman–Crippen LogP) is 5.73. The van der Waals surface area contributed by atoms with E-state index in [1.54, 1.807) is 6.08 Å². The Morgan fingerprint density at radius 1 is 1.08 bits per heavy atom. The van der Waals surface area contributed by atoms with Crippen molar-refractivity contribution < 1.29 is 19.4 Å². The van der Waals surface area contributed by atoms with Crippen LogP contribution in [-0.2, 0) is 14.3 Å². The highest BCUT2D eigenvalue weighted by Crippen LogP contribution is 2.07. The molecule has 0 rings (SSSR count). The van der Waals surface area contributed by atoms with Gasteiger partial charge in [0.25, 0.3) is 5.97 Å². The van der Waals surface area contributed by atoms with Gasteiger partial charge in [0.1, 0.15) is 6.10 Å². The molecule has 4 heteroatoms.